The van der Waals surface area contributed by atoms with E-state index >= 15 is 0 Å². The summed E-state index contributed by atoms with van der Waals surface area (Å²) >= 11 is 0. The third kappa shape index (κ3) is 12.2. The van der Waals surface area contributed by atoms with Gasteiger partial charge in [-0.05, 0) is 131 Å². The Morgan fingerprint density at radius 3 is 2.19 bits per heavy atom. The quantitative estimate of drug-likeness (QED) is 0.139. The summed E-state index contributed by atoms with van der Waals surface area (Å²) in [5, 5.41) is 37.1. The molecule has 0 spiro atoms. The zero-order valence-electron chi connectivity index (χ0n) is 41.0. The molecule has 0 aromatic heterocycles. The average molecular weight is 934 g/mol. The van der Waals surface area contributed by atoms with Gasteiger partial charge in [0.25, 0.3) is 11.7 Å². The maximum Gasteiger partial charge on any atom is 0.329 e. The minimum atomic E-state index is -2.52. The molecule has 2 aromatic carbocycles. The largest absolute Gasteiger partial charge is 0.497 e. The number of methoxy groups -OCH3 is 3. The van der Waals surface area contributed by atoms with Crippen molar-refractivity contribution in [2.24, 2.45) is 29.6 Å². The third-order valence-electron chi connectivity index (χ3n) is 14.9. The van der Waals surface area contributed by atoms with Crippen LogP contribution in [0.1, 0.15) is 112 Å². The van der Waals surface area contributed by atoms with E-state index in [0.29, 0.717) is 62.7 Å². The summed E-state index contributed by atoms with van der Waals surface area (Å²) in [4.78, 5) is 58.5. The molecule has 1 aliphatic carbocycles. The second-order valence-electron chi connectivity index (χ2n) is 19.9. The number of allylic oxidation sites excluding steroid dienone is 3. The van der Waals surface area contributed by atoms with Crippen LogP contribution in [0.3, 0.4) is 0 Å². The van der Waals surface area contributed by atoms with Crippen molar-refractivity contribution >= 4 is 34.2 Å². The summed E-state index contributed by atoms with van der Waals surface area (Å²) in [5.41, 5.74) is 1.62. The number of amides is 1. The smallest absolute Gasteiger partial charge is 0.329 e. The van der Waals surface area contributed by atoms with Gasteiger partial charge in [0.1, 0.15) is 41.6 Å². The van der Waals surface area contributed by atoms with Crippen molar-refractivity contribution < 1.29 is 62.9 Å². The fraction of sp³-hybridized carbons (Fsp3) is 0.660. The lowest BCUT2D eigenvalue weighted by atomic mass is 9.81. The molecule has 14 atom stereocenters. The van der Waals surface area contributed by atoms with Gasteiger partial charge in [0.2, 0.25) is 5.79 Å². The number of carbonyl (C=O) groups is 4. The molecule has 67 heavy (non-hydrogen) atoms. The number of Topliss-reactive ketones (excluding diaryl/α,β-unsaturated/α-hetero) is 2. The van der Waals surface area contributed by atoms with Crippen LogP contribution < -0.4 is 9.47 Å². The molecule has 6 rings (SSSR count). The Bertz CT molecular complexity index is 2120. The van der Waals surface area contributed by atoms with Crippen molar-refractivity contribution in [2.75, 3.05) is 27.9 Å². The molecule has 3 fully saturated rings. The fourth-order valence-corrected chi connectivity index (χ4v) is 10.8. The number of esters is 1. The van der Waals surface area contributed by atoms with Crippen molar-refractivity contribution in [3.05, 3.63) is 59.7 Å². The van der Waals surface area contributed by atoms with Crippen LogP contribution in [0.15, 0.2) is 59.7 Å². The van der Waals surface area contributed by atoms with Crippen LogP contribution in [0.2, 0.25) is 0 Å². The maximum atomic E-state index is 14.6. The Balaban J connectivity index is 1.31. The van der Waals surface area contributed by atoms with Crippen molar-refractivity contribution in [1.82, 2.24) is 4.90 Å². The van der Waals surface area contributed by atoms with E-state index in [4.69, 9.17) is 28.4 Å². The zero-order chi connectivity index (χ0) is 48.7. The van der Waals surface area contributed by atoms with E-state index in [1.54, 1.807) is 21.0 Å². The lowest BCUT2D eigenvalue weighted by molar-refractivity contribution is -0.302. The highest BCUT2D eigenvalue weighted by molar-refractivity contribution is 6.39. The summed E-state index contributed by atoms with van der Waals surface area (Å²) in [6.45, 7) is 11.2. The van der Waals surface area contributed by atoms with Gasteiger partial charge in [0.05, 0.1) is 31.5 Å². The Morgan fingerprint density at radius 2 is 1.52 bits per heavy atom. The Labute approximate surface area is 396 Å². The summed E-state index contributed by atoms with van der Waals surface area (Å²) in [5.74, 6) is -6.42. The van der Waals surface area contributed by atoms with Crippen LogP contribution in [0.25, 0.3) is 10.8 Å². The number of fused-ring (bicyclic) bond motifs is 4. The molecule has 2 saturated heterocycles. The Morgan fingerprint density at radius 1 is 0.851 bits per heavy atom. The van der Waals surface area contributed by atoms with E-state index in [1.807, 2.05) is 69.3 Å². The number of cyclic esters (lactones) is 1. The monoisotopic (exact) mass is 934 g/mol. The van der Waals surface area contributed by atoms with Gasteiger partial charge in [-0.25, -0.2) is 4.79 Å². The standard InChI is InChI=1S/C53H75NO13/c1-10-36-22-30(2)21-31(3)23-46(63-8)49-47(64-9)25-33(5)53(61,67-49)50(58)51(59)54-20-12-11-13-41(54)52(60)66-48(34(6)43(56)29-44(36)57)32(4)24-35-14-19-42(55)45(26-35)65-40-18-16-37-27-39(62-7)17-15-38(37)28-40/h15-18,22,24,27-28,31,33-36,41-43,45-49,55-56,61H,10-14,19-21,23,25-26,29H2,1-9H3. The second-order valence-corrected chi connectivity index (χ2v) is 19.9. The molecule has 14 nitrogen and oxygen atoms in total. The number of benzene rings is 2. The second kappa shape index (κ2) is 23.0. The molecule has 1 saturated carbocycles. The van der Waals surface area contributed by atoms with Gasteiger partial charge in [-0.1, -0.05) is 57.6 Å². The van der Waals surface area contributed by atoms with Crippen LogP contribution in [0, 0.1) is 29.6 Å². The molecule has 2 aromatic rings. The maximum absolute atomic E-state index is 14.6. The Kier molecular flexibility index (Phi) is 17.9. The van der Waals surface area contributed by atoms with Crippen LogP contribution in [0.4, 0.5) is 0 Å². The molecule has 1 amide bonds. The van der Waals surface area contributed by atoms with E-state index < -0.39 is 90.0 Å². The highest BCUT2D eigenvalue weighted by Crippen LogP contribution is 2.40. The van der Waals surface area contributed by atoms with E-state index in [-0.39, 0.29) is 43.4 Å². The molecule has 14 heteroatoms. The van der Waals surface area contributed by atoms with E-state index in [9.17, 15) is 34.5 Å². The molecule has 3 aliphatic heterocycles. The van der Waals surface area contributed by atoms with Gasteiger partial charge >= 0.3 is 5.97 Å². The highest BCUT2D eigenvalue weighted by Gasteiger charge is 2.56. The fourth-order valence-electron chi connectivity index (χ4n) is 10.8. The first-order valence-electron chi connectivity index (χ1n) is 24.4. The van der Waals surface area contributed by atoms with Gasteiger partial charge in [0.15, 0.2) is 0 Å². The number of aliphatic hydroxyl groups excluding tert-OH is 2. The van der Waals surface area contributed by atoms with Gasteiger partial charge in [-0.3, -0.25) is 14.4 Å². The number of ether oxygens (including phenoxy) is 6. The lowest BCUT2D eigenvalue weighted by Crippen LogP contribution is -2.64. The van der Waals surface area contributed by atoms with Crippen LogP contribution in [-0.4, -0.2) is 126 Å². The summed E-state index contributed by atoms with van der Waals surface area (Å²) < 4.78 is 36.2. The predicted octanol–water partition coefficient (Wildman–Crippen LogP) is 7.07. The average Bonchev–Trinajstić information content (AvgIpc) is 3.31. The topological polar surface area (TPSA) is 188 Å². The van der Waals surface area contributed by atoms with Gasteiger partial charge in [0, 0.05) is 44.9 Å². The molecule has 2 bridgehead atoms. The van der Waals surface area contributed by atoms with Crippen LogP contribution in [0.5, 0.6) is 11.5 Å². The molecule has 14 unspecified atom stereocenters. The number of ketones is 2. The van der Waals surface area contributed by atoms with Crippen molar-refractivity contribution in [3.63, 3.8) is 0 Å². The number of rotatable bonds is 8. The third-order valence-corrected chi connectivity index (χ3v) is 14.9. The van der Waals surface area contributed by atoms with Gasteiger partial charge in [-0.15, -0.1) is 0 Å². The molecule has 3 heterocycles. The SMILES string of the molecule is CCC1C=C(C)CC(C)CC(OC)C2OC(O)(C(=O)C(=O)N3CCCCC3C(=O)OC(C(C)=CC3CCC(O)C(Oc4ccc5cc(OC)ccc5c4)C3)C(C)C(O)CC1=O)C(C)CC2OC. The number of hydrogen-bond acceptors (Lipinski definition) is 13. The molecule has 4 aliphatic rings. The zero-order valence-corrected chi connectivity index (χ0v) is 41.0. The minimum absolute atomic E-state index is 0.0187. The van der Waals surface area contributed by atoms with Gasteiger partial charge < -0.3 is 48.6 Å². The molecule has 0 radical (unpaired) electrons. The molecule has 3 N–H and O–H groups in total. The van der Waals surface area contributed by atoms with Crippen molar-refractivity contribution in [1.29, 1.82) is 0 Å². The number of piperidine rings is 1. The first kappa shape index (κ1) is 52.2. The van der Waals surface area contributed by atoms with Crippen LogP contribution in [-0.2, 0) is 38.1 Å². The number of aliphatic hydroxyl groups is 3. The number of carbonyl (C=O) groups excluding carboxylic acids is 4. The first-order chi connectivity index (χ1) is 31.9. The minimum Gasteiger partial charge on any atom is -0.497 e. The number of nitrogens with zero attached hydrogens (tertiary/aromatic N) is 1. The highest BCUT2D eigenvalue weighted by atomic mass is 16.7. The normalized spacial score (nSPS) is 35.8. The van der Waals surface area contributed by atoms with Crippen LogP contribution >= 0.6 is 0 Å². The summed E-state index contributed by atoms with van der Waals surface area (Å²) in [6.07, 6.45) is 2.91. The summed E-state index contributed by atoms with van der Waals surface area (Å²) in [7, 11) is 4.69. The van der Waals surface area contributed by atoms with Crippen molar-refractivity contribution in [3.8, 4) is 11.5 Å². The Hall–Kier alpha value is -4.18. The predicted molar refractivity (Wildman–Crippen MR) is 252 cm³/mol. The summed E-state index contributed by atoms with van der Waals surface area (Å²) in [6, 6.07) is 10.4. The lowest BCUT2D eigenvalue weighted by Gasteiger charge is -2.47. The molecular weight excluding hydrogens is 859 g/mol. The first-order valence-corrected chi connectivity index (χ1v) is 24.4. The molecule has 370 valence electrons. The van der Waals surface area contributed by atoms with E-state index in [2.05, 4.69) is 6.92 Å². The number of hydrogen-bond donors (Lipinski definition) is 3. The van der Waals surface area contributed by atoms with E-state index in [0.717, 1.165) is 22.1 Å². The van der Waals surface area contributed by atoms with E-state index in [1.165, 1.54) is 19.1 Å². The van der Waals surface area contributed by atoms with Crippen molar-refractivity contribution in [2.45, 2.75) is 167 Å². The molecular formula is C53H75NO13. The van der Waals surface area contributed by atoms with Gasteiger partial charge in [-0.2, -0.15) is 0 Å².